The number of hydrogen-bond donors (Lipinski definition) is 1. The molecule has 4 heteroatoms. The molecule has 0 radical (unpaired) electrons. The quantitative estimate of drug-likeness (QED) is 0.888. The third-order valence-electron chi connectivity index (χ3n) is 4.54. The number of carbonyl (C=O) groups is 1. The number of thiophene rings is 1. The zero-order valence-electron chi connectivity index (χ0n) is 10.8. The zero-order valence-corrected chi connectivity index (χ0v) is 11.6. The van der Waals surface area contributed by atoms with Crippen molar-refractivity contribution < 1.29 is 4.79 Å². The fourth-order valence-electron chi connectivity index (χ4n) is 3.08. The number of nitrogens with one attached hydrogen (secondary N) is 1. The first-order valence-electron chi connectivity index (χ1n) is 6.77. The lowest BCUT2D eigenvalue weighted by Crippen LogP contribution is -2.34. The summed E-state index contributed by atoms with van der Waals surface area (Å²) in [5.41, 5.74) is -0.190. The minimum atomic E-state index is -0.190. The topological polar surface area (TPSA) is 32.3 Å². The maximum Gasteiger partial charge on any atom is 0.244 e. The molecular weight excluding hydrogens is 244 g/mol. The Balaban J connectivity index is 1.70. The van der Waals surface area contributed by atoms with E-state index in [0.29, 0.717) is 17.9 Å². The van der Waals surface area contributed by atoms with Gasteiger partial charge in [-0.25, -0.2) is 0 Å². The Morgan fingerprint density at radius 1 is 1.44 bits per heavy atom. The van der Waals surface area contributed by atoms with Gasteiger partial charge >= 0.3 is 0 Å². The molecule has 1 aliphatic heterocycles. The van der Waals surface area contributed by atoms with Crippen molar-refractivity contribution in [1.82, 2.24) is 10.2 Å². The Bertz CT molecular complexity index is 520. The highest BCUT2D eigenvalue weighted by atomic mass is 32.1. The Morgan fingerprint density at radius 2 is 2.17 bits per heavy atom. The van der Waals surface area contributed by atoms with E-state index in [1.54, 1.807) is 0 Å². The van der Waals surface area contributed by atoms with Crippen molar-refractivity contribution in [3.63, 3.8) is 0 Å². The van der Waals surface area contributed by atoms with Crippen LogP contribution in [0, 0.1) is 12.8 Å². The van der Waals surface area contributed by atoms with Crippen LogP contribution < -0.4 is 5.32 Å². The molecule has 18 heavy (non-hydrogen) atoms. The highest BCUT2D eigenvalue weighted by Gasteiger charge is 2.63. The lowest BCUT2D eigenvalue weighted by atomic mass is 10.2. The first-order valence-corrected chi connectivity index (χ1v) is 7.59. The van der Waals surface area contributed by atoms with Crippen LogP contribution in [0.1, 0.15) is 42.1 Å². The summed E-state index contributed by atoms with van der Waals surface area (Å²) < 4.78 is 0. The van der Waals surface area contributed by atoms with Gasteiger partial charge in [0.15, 0.2) is 0 Å². The van der Waals surface area contributed by atoms with E-state index < -0.39 is 0 Å². The summed E-state index contributed by atoms with van der Waals surface area (Å²) in [5.74, 6) is 1.03. The van der Waals surface area contributed by atoms with Gasteiger partial charge in [-0.05, 0) is 44.2 Å². The van der Waals surface area contributed by atoms with Crippen molar-refractivity contribution in [2.45, 2.75) is 50.9 Å². The first kappa shape index (κ1) is 11.0. The monoisotopic (exact) mass is 262 g/mol. The van der Waals surface area contributed by atoms with Crippen LogP contribution in [0.25, 0.3) is 0 Å². The van der Waals surface area contributed by atoms with Gasteiger partial charge in [0.05, 0.1) is 0 Å². The van der Waals surface area contributed by atoms with Crippen LogP contribution >= 0.6 is 11.3 Å². The second-order valence-electron chi connectivity index (χ2n) is 6.07. The zero-order chi connectivity index (χ0) is 12.5. The molecule has 3 atom stereocenters. The summed E-state index contributed by atoms with van der Waals surface area (Å²) in [7, 11) is 0. The molecule has 3 unspecified atom stereocenters. The molecule has 2 aliphatic carbocycles. The molecule has 96 valence electrons. The number of nitrogens with zero attached hydrogens (tertiary/aromatic N) is 1. The van der Waals surface area contributed by atoms with Crippen molar-refractivity contribution in [1.29, 1.82) is 0 Å². The summed E-state index contributed by atoms with van der Waals surface area (Å²) >= 11 is 1.81. The molecule has 4 rings (SSSR count). The first-order chi connectivity index (χ1) is 8.61. The van der Waals surface area contributed by atoms with E-state index in [4.69, 9.17) is 0 Å². The smallest absolute Gasteiger partial charge is 0.244 e. The Kier molecular flexibility index (Phi) is 2.06. The number of hydrogen-bond acceptors (Lipinski definition) is 3. The number of aryl methyl sites for hydroxylation is 1. The summed E-state index contributed by atoms with van der Waals surface area (Å²) in [6.45, 7) is 4.37. The van der Waals surface area contributed by atoms with Crippen LogP contribution in [0.4, 0.5) is 0 Å². The minimum Gasteiger partial charge on any atom is -0.317 e. The molecule has 1 aromatic rings. The van der Waals surface area contributed by atoms with Gasteiger partial charge in [-0.2, -0.15) is 0 Å². The molecular formula is C14H18N2OS. The van der Waals surface area contributed by atoms with Gasteiger partial charge in [-0.3, -0.25) is 10.1 Å². The van der Waals surface area contributed by atoms with E-state index in [1.807, 2.05) is 11.3 Å². The van der Waals surface area contributed by atoms with Crippen molar-refractivity contribution in [3.05, 3.63) is 21.9 Å². The van der Waals surface area contributed by atoms with Gasteiger partial charge in [0.1, 0.15) is 11.7 Å². The summed E-state index contributed by atoms with van der Waals surface area (Å²) in [6.07, 6.45) is 3.34. The van der Waals surface area contributed by atoms with E-state index in [0.717, 1.165) is 12.8 Å². The maximum absolute atomic E-state index is 12.6. The van der Waals surface area contributed by atoms with Gasteiger partial charge in [0, 0.05) is 15.8 Å². The molecule has 1 spiro atoms. The van der Waals surface area contributed by atoms with Crippen LogP contribution in [-0.2, 0) is 4.79 Å². The molecule has 3 nitrogen and oxygen atoms in total. The summed E-state index contributed by atoms with van der Waals surface area (Å²) in [4.78, 5) is 17.3. The van der Waals surface area contributed by atoms with Gasteiger partial charge in [-0.15, -0.1) is 11.3 Å². The average molecular weight is 262 g/mol. The Hall–Kier alpha value is -0.870. The van der Waals surface area contributed by atoms with Crippen molar-refractivity contribution in [3.8, 4) is 0 Å². The number of rotatable bonds is 2. The number of amides is 1. The van der Waals surface area contributed by atoms with E-state index in [9.17, 15) is 4.79 Å². The van der Waals surface area contributed by atoms with E-state index in [1.165, 1.54) is 16.2 Å². The third kappa shape index (κ3) is 1.42. The van der Waals surface area contributed by atoms with Gasteiger partial charge in [0.25, 0.3) is 0 Å². The molecule has 1 N–H and O–H groups in total. The van der Waals surface area contributed by atoms with Crippen molar-refractivity contribution in [2.24, 2.45) is 5.92 Å². The normalized spacial score (nSPS) is 36.4. The Labute approximate surface area is 111 Å². The van der Waals surface area contributed by atoms with Crippen LogP contribution in [0.3, 0.4) is 0 Å². The maximum atomic E-state index is 12.6. The molecule has 0 bridgehead atoms. The van der Waals surface area contributed by atoms with Crippen LogP contribution in [0.15, 0.2) is 12.1 Å². The predicted octanol–water partition coefficient (Wildman–Crippen LogP) is 2.43. The van der Waals surface area contributed by atoms with Gasteiger partial charge in [0.2, 0.25) is 5.91 Å². The minimum absolute atomic E-state index is 0.133. The summed E-state index contributed by atoms with van der Waals surface area (Å²) in [6, 6.07) is 4.79. The van der Waals surface area contributed by atoms with Crippen LogP contribution in [0.2, 0.25) is 0 Å². The highest BCUT2D eigenvalue weighted by Crippen LogP contribution is 2.51. The molecule has 1 saturated heterocycles. The van der Waals surface area contributed by atoms with Crippen molar-refractivity contribution in [2.75, 3.05) is 0 Å². The highest BCUT2D eigenvalue weighted by molar-refractivity contribution is 7.12. The molecule has 1 amide bonds. The van der Waals surface area contributed by atoms with E-state index in [-0.39, 0.29) is 11.7 Å². The number of carbonyl (C=O) groups excluding carboxylic acids is 1. The predicted molar refractivity (Wildman–Crippen MR) is 71.3 cm³/mol. The molecule has 3 fully saturated rings. The van der Waals surface area contributed by atoms with E-state index >= 15 is 0 Å². The van der Waals surface area contributed by atoms with Crippen LogP contribution in [0.5, 0.6) is 0 Å². The molecule has 2 heterocycles. The lowest BCUT2D eigenvalue weighted by Gasteiger charge is -2.23. The standard InChI is InChI=1S/C14H18N2OS/c1-8-7-10(8)16-12(11-4-3-9(2)18-11)15-14(5-6-14)13(16)17/h3-4,8,10,12,15H,5-7H2,1-2H3. The molecule has 1 aromatic heterocycles. The lowest BCUT2D eigenvalue weighted by molar-refractivity contribution is -0.131. The largest absolute Gasteiger partial charge is 0.317 e. The summed E-state index contributed by atoms with van der Waals surface area (Å²) in [5, 5.41) is 3.60. The molecule has 3 aliphatic rings. The second-order valence-corrected chi connectivity index (χ2v) is 7.39. The average Bonchev–Trinajstić information content (AvgIpc) is 3.18. The van der Waals surface area contributed by atoms with Crippen molar-refractivity contribution >= 4 is 17.2 Å². The molecule has 2 saturated carbocycles. The SMILES string of the molecule is Cc1ccc(C2NC3(CC3)C(=O)N2C2CC2C)s1. The third-order valence-corrected chi connectivity index (χ3v) is 5.59. The fraction of sp³-hybridized carbons (Fsp3) is 0.643. The van der Waals surface area contributed by atoms with E-state index in [2.05, 4.69) is 36.2 Å². The molecule has 0 aromatic carbocycles. The van der Waals surface area contributed by atoms with Crippen LogP contribution in [-0.4, -0.2) is 22.4 Å². The fourth-order valence-corrected chi connectivity index (χ4v) is 4.01. The van der Waals surface area contributed by atoms with Gasteiger partial charge < -0.3 is 4.90 Å². The second kappa shape index (κ2) is 3.36. The van der Waals surface area contributed by atoms with Gasteiger partial charge in [-0.1, -0.05) is 6.92 Å². The Morgan fingerprint density at radius 3 is 2.67 bits per heavy atom.